The summed E-state index contributed by atoms with van der Waals surface area (Å²) in [5.41, 5.74) is -0.0225. The minimum atomic E-state index is -0.577. The summed E-state index contributed by atoms with van der Waals surface area (Å²) in [7, 11) is 1.64. The van der Waals surface area contributed by atoms with E-state index < -0.39 is 11.7 Å². The fraction of sp³-hybridized carbons (Fsp3) is 0.556. The van der Waals surface area contributed by atoms with Crippen LogP contribution in [0.15, 0.2) is 24.3 Å². The lowest BCUT2D eigenvalue weighted by molar-refractivity contribution is -0.122. The Morgan fingerprint density at radius 2 is 2.04 bits per heavy atom. The van der Waals surface area contributed by atoms with Crippen LogP contribution in [0.25, 0.3) is 0 Å². The van der Waals surface area contributed by atoms with Crippen LogP contribution in [0, 0.1) is 5.82 Å². The highest BCUT2D eigenvalue weighted by atomic mass is 19.1. The van der Waals surface area contributed by atoms with E-state index in [0.29, 0.717) is 6.04 Å². The van der Waals surface area contributed by atoms with Gasteiger partial charge in [-0.2, -0.15) is 0 Å². The van der Waals surface area contributed by atoms with E-state index in [0.717, 1.165) is 13.1 Å². The molecule has 7 heteroatoms. The second-order valence-electron chi connectivity index (χ2n) is 6.48. The van der Waals surface area contributed by atoms with Gasteiger partial charge in [-0.1, -0.05) is 12.1 Å². The van der Waals surface area contributed by atoms with Gasteiger partial charge in [0.2, 0.25) is 5.91 Å². The molecule has 1 aromatic carbocycles. The molecule has 2 amide bonds. The van der Waals surface area contributed by atoms with E-state index in [1.807, 2.05) is 0 Å². The Labute approximate surface area is 147 Å². The van der Waals surface area contributed by atoms with Crippen molar-refractivity contribution in [2.24, 2.45) is 0 Å². The van der Waals surface area contributed by atoms with Gasteiger partial charge in [-0.25, -0.2) is 4.39 Å². The van der Waals surface area contributed by atoms with E-state index in [1.54, 1.807) is 13.2 Å². The number of carbonyl (C=O) groups excluding carboxylic acids is 2. The third-order valence-corrected chi connectivity index (χ3v) is 4.43. The summed E-state index contributed by atoms with van der Waals surface area (Å²) >= 11 is 0. The number of likely N-dealkylation sites (tertiary alicyclic amines) is 1. The quantitative estimate of drug-likeness (QED) is 0.774. The van der Waals surface area contributed by atoms with Crippen molar-refractivity contribution in [2.45, 2.75) is 38.5 Å². The van der Waals surface area contributed by atoms with Crippen LogP contribution in [-0.4, -0.2) is 61.6 Å². The largest absolute Gasteiger partial charge is 0.378 e. The van der Waals surface area contributed by atoms with Crippen molar-refractivity contribution in [3.05, 3.63) is 35.6 Å². The first-order chi connectivity index (χ1) is 11.9. The SMILES string of the molecule is CO[C@H]1CN(C(C)C)C[C@@H]1NC(=O)CCNC(=O)c1ccccc1F. The predicted molar refractivity (Wildman–Crippen MR) is 92.8 cm³/mol. The average Bonchev–Trinajstić information content (AvgIpc) is 2.98. The van der Waals surface area contributed by atoms with Crippen LogP contribution in [0.5, 0.6) is 0 Å². The molecule has 0 bridgehead atoms. The zero-order chi connectivity index (χ0) is 18.4. The molecule has 1 aromatic rings. The summed E-state index contributed by atoms with van der Waals surface area (Å²) in [5, 5.41) is 5.52. The van der Waals surface area contributed by atoms with E-state index in [2.05, 4.69) is 29.4 Å². The fourth-order valence-corrected chi connectivity index (χ4v) is 2.91. The molecule has 0 saturated carbocycles. The highest BCUT2D eigenvalue weighted by Gasteiger charge is 2.34. The number of rotatable bonds is 7. The molecule has 25 heavy (non-hydrogen) atoms. The molecular weight excluding hydrogens is 325 g/mol. The number of hydrogen-bond donors (Lipinski definition) is 2. The monoisotopic (exact) mass is 351 g/mol. The summed E-state index contributed by atoms with van der Waals surface area (Å²) in [6, 6.07) is 6.08. The van der Waals surface area contributed by atoms with Crippen LogP contribution in [-0.2, 0) is 9.53 Å². The van der Waals surface area contributed by atoms with Crippen LogP contribution in [0.1, 0.15) is 30.6 Å². The normalized spacial score (nSPS) is 20.7. The Morgan fingerprint density at radius 3 is 2.68 bits per heavy atom. The minimum absolute atomic E-state index is 0.0225. The number of ether oxygens (including phenoxy) is 1. The van der Waals surface area contributed by atoms with Gasteiger partial charge >= 0.3 is 0 Å². The van der Waals surface area contributed by atoms with Crippen LogP contribution in [0.2, 0.25) is 0 Å². The molecule has 0 spiro atoms. The zero-order valence-electron chi connectivity index (χ0n) is 14.9. The Balaban J connectivity index is 1.77. The van der Waals surface area contributed by atoms with Gasteiger partial charge in [0.1, 0.15) is 5.82 Å². The molecule has 1 fully saturated rings. The van der Waals surface area contributed by atoms with Crippen molar-refractivity contribution in [3.8, 4) is 0 Å². The second kappa shape index (κ2) is 8.92. The lowest BCUT2D eigenvalue weighted by Gasteiger charge is -2.20. The van der Waals surface area contributed by atoms with Gasteiger partial charge in [-0.3, -0.25) is 14.5 Å². The van der Waals surface area contributed by atoms with E-state index in [1.165, 1.54) is 18.2 Å². The highest BCUT2D eigenvalue weighted by molar-refractivity contribution is 5.94. The van der Waals surface area contributed by atoms with Crippen molar-refractivity contribution in [1.29, 1.82) is 0 Å². The number of methoxy groups -OCH3 is 1. The molecular formula is C18H26FN3O3. The predicted octanol–water partition coefficient (Wildman–Crippen LogP) is 1.17. The van der Waals surface area contributed by atoms with E-state index >= 15 is 0 Å². The van der Waals surface area contributed by atoms with Gasteiger partial charge in [0.05, 0.1) is 17.7 Å². The molecule has 0 radical (unpaired) electrons. The molecule has 138 valence electrons. The summed E-state index contributed by atoms with van der Waals surface area (Å²) in [4.78, 5) is 26.3. The second-order valence-corrected chi connectivity index (χ2v) is 6.48. The lowest BCUT2D eigenvalue weighted by Crippen LogP contribution is -2.44. The molecule has 1 heterocycles. The maximum atomic E-state index is 13.5. The van der Waals surface area contributed by atoms with Crippen molar-refractivity contribution in [2.75, 3.05) is 26.7 Å². The maximum absolute atomic E-state index is 13.5. The van der Waals surface area contributed by atoms with Gasteiger partial charge in [-0.15, -0.1) is 0 Å². The van der Waals surface area contributed by atoms with Gasteiger partial charge in [0.25, 0.3) is 5.91 Å². The molecule has 2 atom stereocenters. The standard InChI is InChI=1S/C18H26FN3O3/c1-12(2)22-10-15(16(11-22)25-3)21-17(23)8-9-20-18(24)13-6-4-5-7-14(13)19/h4-7,12,15-16H,8-11H2,1-3H3,(H,20,24)(H,21,23)/t15-,16-/m0/s1. The summed E-state index contributed by atoms with van der Waals surface area (Å²) in [6.45, 7) is 5.88. The lowest BCUT2D eigenvalue weighted by atomic mass is 10.2. The first-order valence-corrected chi connectivity index (χ1v) is 8.51. The molecule has 2 rings (SSSR count). The first kappa shape index (κ1) is 19.3. The number of nitrogens with zero attached hydrogens (tertiary/aromatic N) is 1. The number of halogens is 1. The third-order valence-electron chi connectivity index (χ3n) is 4.43. The number of amides is 2. The van der Waals surface area contributed by atoms with Gasteiger partial charge < -0.3 is 15.4 Å². The minimum Gasteiger partial charge on any atom is -0.378 e. The van der Waals surface area contributed by atoms with Crippen LogP contribution in [0.4, 0.5) is 4.39 Å². The molecule has 6 nitrogen and oxygen atoms in total. The van der Waals surface area contributed by atoms with Gasteiger partial charge in [0, 0.05) is 39.2 Å². The van der Waals surface area contributed by atoms with Crippen LogP contribution >= 0.6 is 0 Å². The Hall–Kier alpha value is -1.99. The molecule has 2 N–H and O–H groups in total. The van der Waals surface area contributed by atoms with Crippen molar-refractivity contribution in [1.82, 2.24) is 15.5 Å². The Kier molecular flexibility index (Phi) is 6.90. The summed E-state index contributed by atoms with van der Waals surface area (Å²) in [6.07, 6.45) is 0.0915. The summed E-state index contributed by atoms with van der Waals surface area (Å²) in [5.74, 6) is -1.26. The molecule has 1 saturated heterocycles. The van der Waals surface area contributed by atoms with E-state index in [9.17, 15) is 14.0 Å². The molecule has 0 aromatic heterocycles. The van der Waals surface area contributed by atoms with E-state index in [4.69, 9.17) is 4.74 Å². The smallest absolute Gasteiger partial charge is 0.254 e. The topological polar surface area (TPSA) is 70.7 Å². The van der Waals surface area contributed by atoms with Gasteiger partial charge in [0.15, 0.2) is 0 Å². The van der Waals surface area contributed by atoms with Crippen LogP contribution < -0.4 is 10.6 Å². The molecule has 0 unspecified atom stereocenters. The van der Waals surface area contributed by atoms with E-state index in [-0.39, 0.29) is 36.6 Å². The molecule has 0 aliphatic carbocycles. The zero-order valence-corrected chi connectivity index (χ0v) is 14.9. The molecule has 1 aliphatic rings. The highest BCUT2D eigenvalue weighted by Crippen LogP contribution is 2.15. The number of hydrogen-bond acceptors (Lipinski definition) is 4. The first-order valence-electron chi connectivity index (χ1n) is 8.51. The molecule has 1 aliphatic heterocycles. The van der Waals surface area contributed by atoms with Crippen molar-refractivity contribution >= 4 is 11.8 Å². The van der Waals surface area contributed by atoms with Crippen molar-refractivity contribution < 1.29 is 18.7 Å². The number of carbonyl (C=O) groups is 2. The maximum Gasteiger partial charge on any atom is 0.254 e. The number of nitrogens with one attached hydrogen (secondary N) is 2. The van der Waals surface area contributed by atoms with Gasteiger partial charge in [-0.05, 0) is 26.0 Å². The third kappa shape index (κ3) is 5.24. The number of benzene rings is 1. The Bertz CT molecular complexity index is 609. The van der Waals surface area contributed by atoms with Crippen LogP contribution in [0.3, 0.4) is 0 Å². The Morgan fingerprint density at radius 1 is 1.32 bits per heavy atom. The summed E-state index contributed by atoms with van der Waals surface area (Å²) < 4.78 is 19.0. The average molecular weight is 351 g/mol. The van der Waals surface area contributed by atoms with Crippen molar-refractivity contribution in [3.63, 3.8) is 0 Å². The fourth-order valence-electron chi connectivity index (χ4n) is 2.91.